The Morgan fingerprint density at radius 2 is 2.31 bits per heavy atom. The van der Waals surface area contributed by atoms with Gasteiger partial charge in [0, 0.05) is 6.54 Å². The maximum atomic E-state index is 5.20. The first kappa shape index (κ1) is 11.2. The molecule has 2 heteroatoms. The number of likely N-dealkylation sites (tertiary alicyclic amines) is 1. The largest absolute Gasteiger partial charge is 0.497 e. The van der Waals surface area contributed by atoms with Crippen molar-refractivity contribution < 1.29 is 4.74 Å². The van der Waals surface area contributed by atoms with Crippen molar-refractivity contribution in [3.05, 3.63) is 35.9 Å². The lowest BCUT2D eigenvalue weighted by Gasteiger charge is -2.05. The molecule has 0 aromatic heterocycles. The van der Waals surface area contributed by atoms with Crippen molar-refractivity contribution in [1.29, 1.82) is 0 Å². The van der Waals surface area contributed by atoms with Crippen LogP contribution in [0.15, 0.2) is 30.3 Å². The molecule has 0 radical (unpaired) electrons. The zero-order valence-corrected chi connectivity index (χ0v) is 10.0. The normalized spacial score (nSPS) is 21.8. The van der Waals surface area contributed by atoms with E-state index in [4.69, 9.17) is 4.74 Å². The van der Waals surface area contributed by atoms with Crippen LogP contribution in [0.2, 0.25) is 0 Å². The van der Waals surface area contributed by atoms with Gasteiger partial charge in [-0.05, 0) is 43.6 Å². The minimum Gasteiger partial charge on any atom is -0.497 e. The van der Waals surface area contributed by atoms with Crippen LogP contribution in [-0.2, 0) is 0 Å². The van der Waals surface area contributed by atoms with Gasteiger partial charge in [0.15, 0.2) is 0 Å². The smallest absolute Gasteiger partial charge is 0.119 e. The van der Waals surface area contributed by atoms with Gasteiger partial charge in [0.25, 0.3) is 0 Å². The summed E-state index contributed by atoms with van der Waals surface area (Å²) in [4.78, 5) is 2.38. The van der Waals surface area contributed by atoms with Gasteiger partial charge < -0.3 is 9.64 Å². The van der Waals surface area contributed by atoms with Crippen LogP contribution in [0.25, 0.3) is 6.08 Å². The molecule has 16 heavy (non-hydrogen) atoms. The average Bonchev–Trinajstić information content (AvgIpc) is 2.73. The van der Waals surface area contributed by atoms with Crippen LogP contribution < -0.4 is 4.74 Å². The maximum absolute atomic E-state index is 5.20. The van der Waals surface area contributed by atoms with Crippen LogP contribution in [0.1, 0.15) is 12.0 Å². The quantitative estimate of drug-likeness (QED) is 0.771. The predicted octanol–water partition coefficient (Wildman–Crippen LogP) is 2.66. The third-order valence-electron chi connectivity index (χ3n) is 3.08. The maximum Gasteiger partial charge on any atom is 0.119 e. The Labute approximate surface area is 97.5 Å². The highest BCUT2D eigenvalue weighted by Gasteiger charge is 2.15. The van der Waals surface area contributed by atoms with E-state index in [1.54, 1.807) is 7.11 Å². The summed E-state index contributed by atoms with van der Waals surface area (Å²) in [6, 6.07) is 8.17. The Hall–Kier alpha value is -1.28. The first-order valence-corrected chi connectivity index (χ1v) is 5.79. The van der Waals surface area contributed by atoms with Crippen molar-refractivity contribution >= 4 is 6.08 Å². The fraction of sp³-hybridized carbons (Fsp3) is 0.429. The summed E-state index contributed by atoms with van der Waals surface area (Å²) >= 11 is 0. The number of hydrogen-bond donors (Lipinski definition) is 0. The van der Waals surface area contributed by atoms with Gasteiger partial charge in [-0.3, -0.25) is 0 Å². The molecule has 2 nitrogen and oxygen atoms in total. The number of rotatable bonds is 3. The summed E-state index contributed by atoms with van der Waals surface area (Å²) in [5.41, 5.74) is 1.22. The summed E-state index contributed by atoms with van der Waals surface area (Å²) < 4.78 is 5.20. The SMILES string of the molecule is COc1cccc(C=CC2CCN(C)C2)c1. The average molecular weight is 217 g/mol. The summed E-state index contributed by atoms with van der Waals surface area (Å²) in [7, 11) is 3.88. The molecule has 1 fully saturated rings. The fourth-order valence-corrected chi connectivity index (χ4v) is 2.12. The standard InChI is InChI=1S/C14H19NO/c1-15-9-8-13(11-15)7-6-12-4-3-5-14(10-12)16-2/h3-7,10,13H,8-9,11H2,1-2H3. The molecule has 1 unspecified atom stereocenters. The molecule has 1 aliphatic heterocycles. The Balaban J connectivity index is 2.00. The van der Waals surface area contributed by atoms with E-state index in [1.807, 2.05) is 12.1 Å². The molecule has 0 spiro atoms. The van der Waals surface area contributed by atoms with Gasteiger partial charge >= 0.3 is 0 Å². The van der Waals surface area contributed by atoms with Gasteiger partial charge in [0.1, 0.15) is 5.75 Å². The lowest BCUT2D eigenvalue weighted by Crippen LogP contribution is -2.13. The zero-order chi connectivity index (χ0) is 11.4. The highest BCUT2D eigenvalue weighted by Crippen LogP contribution is 2.18. The van der Waals surface area contributed by atoms with E-state index in [1.165, 1.54) is 25.1 Å². The zero-order valence-electron chi connectivity index (χ0n) is 10.0. The lowest BCUT2D eigenvalue weighted by atomic mass is 10.1. The van der Waals surface area contributed by atoms with Gasteiger partial charge in [0.2, 0.25) is 0 Å². The van der Waals surface area contributed by atoms with Crippen LogP contribution in [0.4, 0.5) is 0 Å². The van der Waals surface area contributed by atoms with E-state index in [2.05, 4.69) is 36.2 Å². The number of methoxy groups -OCH3 is 1. The molecule has 0 amide bonds. The molecule has 1 aromatic carbocycles. The molecular weight excluding hydrogens is 198 g/mol. The fourth-order valence-electron chi connectivity index (χ4n) is 2.12. The van der Waals surface area contributed by atoms with Crippen molar-refractivity contribution in [1.82, 2.24) is 4.90 Å². The summed E-state index contributed by atoms with van der Waals surface area (Å²) in [5, 5.41) is 0. The minimum atomic E-state index is 0.705. The second kappa shape index (κ2) is 5.17. The van der Waals surface area contributed by atoms with Gasteiger partial charge in [-0.2, -0.15) is 0 Å². The summed E-state index contributed by atoms with van der Waals surface area (Å²) in [6.45, 7) is 2.40. The van der Waals surface area contributed by atoms with Crippen LogP contribution in [-0.4, -0.2) is 32.1 Å². The molecule has 1 atom stereocenters. The molecule has 1 aromatic rings. The van der Waals surface area contributed by atoms with Crippen molar-refractivity contribution in [2.45, 2.75) is 6.42 Å². The molecule has 0 aliphatic carbocycles. The Morgan fingerprint density at radius 3 is 3.00 bits per heavy atom. The van der Waals surface area contributed by atoms with Crippen molar-refractivity contribution in [2.75, 3.05) is 27.2 Å². The molecule has 1 saturated heterocycles. The lowest BCUT2D eigenvalue weighted by molar-refractivity contribution is 0.408. The van der Waals surface area contributed by atoms with E-state index in [0.717, 1.165) is 5.75 Å². The van der Waals surface area contributed by atoms with Crippen molar-refractivity contribution in [2.24, 2.45) is 5.92 Å². The second-order valence-corrected chi connectivity index (χ2v) is 4.45. The van der Waals surface area contributed by atoms with E-state index in [9.17, 15) is 0 Å². The number of benzene rings is 1. The van der Waals surface area contributed by atoms with Crippen LogP contribution >= 0.6 is 0 Å². The van der Waals surface area contributed by atoms with Gasteiger partial charge in [-0.1, -0.05) is 24.3 Å². The third-order valence-corrected chi connectivity index (χ3v) is 3.08. The Kier molecular flexibility index (Phi) is 3.62. The Bertz CT molecular complexity index is 373. The Morgan fingerprint density at radius 1 is 1.44 bits per heavy atom. The van der Waals surface area contributed by atoms with E-state index >= 15 is 0 Å². The molecule has 2 rings (SSSR count). The first-order chi connectivity index (χ1) is 7.78. The van der Waals surface area contributed by atoms with Crippen molar-refractivity contribution in [3.63, 3.8) is 0 Å². The topological polar surface area (TPSA) is 12.5 Å². The summed E-state index contributed by atoms with van der Waals surface area (Å²) in [6.07, 6.45) is 5.79. The third kappa shape index (κ3) is 2.86. The molecule has 86 valence electrons. The molecule has 0 saturated carbocycles. The number of hydrogen-bond acceptors (Lipinski definition) is 2. The number of nitrogens with zero attached hydrogens (tertiary/aromatic N) is 1. The highest BCUT2D eigenvalue weighted by molar-refractivity contribution is 5.52. The van der Waals surface area contributed by atoms with E-state index < -0.39 is 0 Å². The van der Waals surface area contributed by atoms with E-state index in [-0.39, 0.29) is 0 Å². The van der Waals surface area contributed by atoms with E-state index in [0.29, 0.717) is 5.92 Å². The predicted molar refractivity (Wildman–Crippen MR) is 67.6 cm³/mol. The second-order valence-electron chi connectivity index (χ2n) is 4.45. The molecular formula is C14H19NO. The van der Waals surface area contributed by atoms with Gasteiger partial charge in [0.05, 0.1) is 7.11 Å². The highest BCUT2D eigenvalue weighted by atomic mass is 16.5. The monoisotopic (exact) mass is 217 g/mol. The van der Waals surface area contributed by atoms with Gasteiger partial charge in [-0.25, -0.2) is 0 Å². The molecule has 0 bridgehead atoms. The molecule has 1 aliphatic rings. The van der Waals surface area contributed by atoms with Gasteiger partial charge in [-0.15, -0.1) is 0 Å². The first-order valence-electron chi connectivity index (χ1n) is 5.79. The minimum absolute atomic E-state index is 0.705. The van der Waals surface area contributed by atoms with Crippen LogP contribution in [0.5, 0.6) is 5.75 Å². The molecule has 1 heterocycles. The summed E-state index contributed by atoms with van der Waals surface area (Å²) in [5.74, 6) is 1.63. The number of ether oxygens (including phenoxy) is 1. The van der Waals surface area contributed by atoms with Crippen LogP contribution in [0, 0.1) is 5.92 Å². The molecule has 0 N–H and O–H groups in total. The van der Waals surface area contributed by atoms with Crippen molar-refractivity contribution in [3.8, 4) is 5.75 Å². The van der Waals surface area contributed by atoms with Crippen LogP contribution in [0.3, 0.4) is 0 Å².